The summed E-state index contributed by atoms with van der Waals surface area (Å²) in [6.07, 6.45) is 0. The highest BCUT2D eigenvalue weighted by Gasteiger charge is 2.33. The number of hydrogen-bond donors (Lipinski definition) is 1. The number of nitrogens with one attached hydrogen (secondary N) is 1. The minimum Gasteiger partial charge on any atom is -0.355 e. The van der Waals surface area contributed by atoms with E-state index in [0.717, 1.165) is 9.87 Å². The maximum Gasteiger partial charge on any atom is 0.264 e. The first-order valence-corrected chi connectivity index (χ1v) is 13.5. The third kappa shape index (κ3) is 6.35. The molecular formula is C28H32FN3O4S. The number of amides is 2. The van der Waals surface area contributed by atoms with Crippen molar-refractivity contribution in [3.05, 3.63) is 95.3 Å². The van der Waals surface area contributed by atoms with Crippen LogP contribution in [0.15, 0.2) is 77.7 Å². The topological polar surface area (TPSA) is 86.8 Å². The van der Waals surface area contributed by atoms with Crippen molar-refractivity contribution in [2.75, 3.05) is 17.4 Å². The molecule has 1 N–H and O–H groups in total. The van der Waals surface area contributed by atoms with E-state index in [4.69, 9.17) is 0 Å². The van der Waals surface area contributed by atoms with Crippen molar-refractivity contribution in [3.63, 3.8) is 0 Å². The average Bonchev–Trinajstić information content (AvgIpc) is 2.88. The van der Waals surface area contributed by atoms with E-state index in [1.807, 2.05) is 13.0 Å². The van der Waals surface area contributed by atoms with E-state index in [1.165, 1.54) is 42.2 Å². The summed E-state index contributed by atoms with van der Waals surface area (Å²) in [6, 6.07) is 18.1. The summed E-state index contributed by atoms with van der Waals surface area (Å²) in [7, 11) is -4.15. The Morgan fingerprint density at radius 2 is 1.59 bits per heavy atom. The van der Waals surface area contributed by atoms with Crippen LogP contribution in [0.3, 0.4) is 0 Å². The van der Waals surface area contributed by atoms with Crippen molar-refractivity contribution in [3.8, 4) is 0 Å². The van der Waals surface area contributed by atoms with E-state index >= 15 is 0 Å². The first-order valence-electron chi connectivity index (χ1n) is 12.0. The van der Waals surface area contributed by atoms with Crippen LogP contribution in [0.1, 0.15) is 30.5 Å². The number of aryl methyl sites for hydroxylation is 1. The number of anilines is 1. The van der Waals surface area contributed by atoms with E-state index in [2.05, 4.69) is 5.32 Å². The number of rotatable bonds is 10. The Balaban J connectivity index is 2.08. The molecule has 0 aromatic heterocycles. The molecule has 0 heterocycles. The molecule has 0 spiro atoms. The standard InChI is InChI=1S/C28H32FN3O4S/c1-5-30-28(34)22(4)31(18-23-13-9-10-16-25(23)29)27(33)19-32(26-17-11-12-20(2)21(26)3)37(35,36)24-14-7-6-8-15-24/h6-17,22H,5,18-19H2,1-4H3,(H,30,34). The molecule has 0 saturated carbocycles. The third-order valence-electron chi connectivity index (χ3n) is 6.27. The zero-order valence-corrected chi connectivity index (χ0v) is 22.3. The molecule has 1 atom stereocenters. The normalized spacial score (nSPS) is 12.0. The molecule has 9 heteroatoms. The lowest BCUT2D eigenvalue weighted by Gasteiger charge is -2.32. The minimum absolute atomic E-state index is 0.0288. The highest BCUT2D eigenvalue weighted by Crippen LogP contribution is 2.29. The van der Waals surface area contributed by atoms with E-state index in [0.29, 0.717) is 17.8 Å². The van der Waals surface area contributed by atoms with Gasteiger partial charge in [0.05, 0.1) is 10.6 Å². The summed E-state index contributed by atoms with van der Waals surface area (Å²) >= 11 is 0. The van der Waals surface area contributed by atoms with Gasteiger partial charge >= 0.3 is 0 Å². The second-order valence-electron chi connectivity index (χ2n) is 8.73. The molecule has 0 aliphatic heterocycles. The van der Waals surface area contributed by atoms with Crippen molar-refractivity contribution in [1.29, 1.82) is 0 Å². The fraction of sp³-hybridized carbons (Fsp3) is 0.286. The first kappa shape index (κ1) is 27.9. The second-order valence-corrected chi connectivity index (χ2v) is 10.6. The number of carbonyl (C=O) groups is 2. The van der Waals surface area contributed by atoms with Crippen molar-refractivity contribution < 1.29 is 22.4 Å². The van der Waals surface area contributed by atoms with Gasteiger partial charge in [-0.2, -0.15) is 0 Å². The van der Waals surface area contributed by atoms with Gasteiger partial charge in [-0.1, -0.05) is 48.5 Å². The largest absolute Gasteiger partial charge is 0.355 e. The van der Waals surface area contributed by atoms with Crippen LogP contribution in [-0.2, 0) is 26.2 Å². The van der Waals surface area contributed by atoms with Crippen molar-refractivity contribution in [2.45, 2.75) is 45.2 Å². The fourth-order valence-electron chi connectivity index (χ4n) is 3.95. The Bertz CT molecular complexity index is 1360. The van der Waals surface area contributed by atoms with Crippen molar-refractivity contribution in [1.82, 2.24) is 10.2 Å². The van der Waals surface area contributed by atoms with Gasteiger partial charge in [-0.3, -0.25) is 13.9 Å². The highest BCUT2D eigenvalue weighted by atomic mass is 32.2. The molecule has 37 heavy (non-hydrogen) atoms. The Kier molecular flexibility index (Phi) is 9.04. The van der Waals surface area contributed by atoms with E-state index in [1.54, 1.807) is 50.2 Å². The molecule has 2 amide bonds. The van der Waals surface area contributed by atoms with Crippen LogP contribution in [0.2, 0.25) is 0 Å². The summed E-state index contributed by atoms with van der Waals surface area (Å²) in [5.41, 5.74) is 2.13. The Morgan fingerprint density at radius 1 is 0.946 bits per heavy atom. The molecule has 3 aromatic rings. The van der Waals surface area contributed by atoms with Crippen LogP contribution in [0.25, 0.3) is 0 Å². The van der Waals surface area contributed by atoms with Crippen LogP contribution in [0.4, 0.5) is 10.1 Å². The van der Waals surface area contributed by atoms with Gasteiger partial charge in [0.15, 0.2) is 0 Å². The molecule has 3 rings (SSSR count). The number of likely N-dealkylation sites (N-methyl/N-ethyl adjacent to an activating group) is 1. The maximum atomic E-state index is 14.5. The van der Waals surface area contributed by atoms with Gasteiger partial charge in [0.25, 0.3) is 10.0 Å². The fourth-order valence-corrected chi connectivity index (χ4v) is 5.45. The smallest absolute Gasteiger partial charge is 0.264 e. The summed E-state index contributed by atoms with van der Waals surface area (Å²) in [5, 5.41) is 2.68. The monoisotopic (exact) mass is 525 g/mol. The predicted molar refractivity (Wildman–Crippen MR) is 142 cm³/mol. The van der Waals surface area contributed by atoms with Gasteiger partial charge in [0.2, 0.25) is 11.8 Å². The molecule has 196 valence electrons. The van der Waals surface area contributed by atoms with Gasteiger partial charge < -0.3 is 10.2 Å². The number of halogens is 1. The lowest BCUT2D eigenvalue weighted by molar-refractivity contribution is -0.139. The zero-order chi connectivity index (χ0) is 27.2. The average molecular weight is 526 g/mol. The van der Waals surface area contributed by atoms with Crippen LogP contribution >= 0.6 is 0 Å². The number of hydrogen-bond acceptors (Lipinski definition) is 4. The van der Waals surface area contributed by atoms with Gasteiger partial charge in [0, 0.05) is 18.7 Å². The summed E-state index contributed by atoms with van der Waals surface area (Å²) in [6.45, 7) is 6.52. The Labute approximate surface area is 218 Å². The number of sulfonamides is 1. The third-order valence-corrected chi connectivity index (χ3v) is 8.05. The Hall–Kier alpha value is -3.72. The Morgan fingerprint density at radius 3 is 2.24 bits per heavy atom. The van der Waals surface area contributed by atoms with E-state index < -0.39 is 40.2 Å². The maximum absolute atomic E-state index is 14.5. The molecule has 0 radical (unpaired) electrons. The molecule has 0 saturated heterocycles. The SMILES string of the molecule is CCNC(=O)C(C)N(Cc1ccccc1F)C(=O)CN(c1cccc(C)c1C)S(=O)(=O)c1ccccc1. The van der Waals surface area contributed by atoms with Crippen LogP contribution < -0.4 is 9.62 Å². The quantitative estimate of drug-likeness (QED) is 0.430. The molecule has 0 fully saturated rings. The van der Waals surface area contributed by atoms with Gasteiger partial charge in [-0.25, -0.2) is 12.8 Å². The van der Waals surface area contributed by atoms with Gasteiger partial charge in [-0.15, -0.1) is 0 Å². The lowest BCUT2D eigenvalue weighted by atomic mass is 10.1. The van der Waals surface area contributed by atoms with Crippen molar-refractivity contribution in [2.24, 2.45) is 0 Å². The van der Waals surface area contributed by atoms with Crippen molar-refractivity contribution >= 4 is 27.5 Å². The molecular weight excluding hydrogens is 493 g/mol. The highest BCUT2D eigenvalue weighted by molar-refractivity contribution is 7.92. The molecule has 7 nitrogen and oxygen atoms in total. The van der Waals surface area contributed by atoms with Crippen LogP contribution in [0.5, 0.6) is 0 Å². The number of carbonyl (C=O) groups excluding carboxylic acids is 2. The molecule has 0 aliphatic carbocycles. The minimum atomic E-state index is -4.15. The van der Waals surface area contributed by atoms with E-state index in [9.17, 15) is 22.4 Å². The van der Waals surface area contributed by atoms with E-state index in [-0.39, 0.29) is 17.0 Å². The summed E-state index contributed by atoms with van der Waals surface area (Å²) in [5.74, 6) is -1.58. The summed E-state index contributed by atoms with van der Waals surface area (Å²) in [4.78, 5) is 27.7. The predicted octanol–water partition coefficient (Wildman–Crippen LogP) is 4.19. The zero-order valence-electron chi connectivity index (χ0n) is 21.4. The summed E-state index contributed by atoms with van der Waals surface area (Å²) < 4.78 is 43.2. The molecule has 0 aliphatic rings. The van der Waals surface area contributed by atoms with Crippen LogP contribution in [0, 0.1) is 19.7 Å². The van der Waals surface area contributed by atoms with Crippen LogP contribution in [-0.4, -0.2) is 44.3 Å². The van der Waals surface area contributed by atoms with Gasteiger partial charge in [0.1, 0.15) is 18.4 Å². The molecule has 1 unspecified atom stereocenters. The first-order chi connectivity index (χ1) is 17.6. The molecule has 0 bridgehead atoms. The molecule has 3 aromatic carbocycles. The van der Waals surface area contributed by atoms with Gasteiger partial charge in [-0.05, 0) is 63.1 Å². The second kappa shape index (κ2) is 12.0. The number of nitrogens with zero attached hydrogens (tertiary/aromatic N) is 2. The lowest BCUT2D eigenvalue weighted by Crippen LogP contribution is -2.51. The number of benzene rings is 3.